The molecular formula is C14H15ClF3NO. The number of nitrogens with zero attached hydrogens (tertiary/aromatic N) is 1. The van der Waals surface area contributed by atoms with Crippen molar-refractivity contribution in [3.8, 4) is 0 Å². The predicted molar refractivity (Wildman–Crippen MR) is 70.8 cm³/mol. The molecule has 6 heteroatoms. The second kappa shape index (κ2) is 6.04. The van der Waals surface area contributed by atoms with Gasteiger partial charge in [0.25, 0.3) is 5.91 Å². The minimum atomic E-state index is -4.38. The highest BCUT2D eigenvalue weighted by molar-refractivity contribution is 6.18. The molecule has 1 aromatic carbocycles. The lowest BCUT2D eigenvalue weighted by Gasteiger charge is -2.31. The van der Waals surface area contributed by atoms with Gasteiger partial charge in [0, 0.05) is 24.5 Å². The first-order valence-corrected chi connectivity index (χ1v) is 6.98. The van der Waals surface area contributed by atoms with Gasteiger partial charge in [0.15, 0.2) is 0 Å². The number of carbonyl (C=O) groups is 1. The third-order valence-corrected chi connectivity index (χ3v) is 3.92. The standard InChI is InChI=1S/C14H15ClF3NO/c15-8-10-2-1-7-19(9-10)13(20)11-3-5-12(6-4-11)14(16,17)18/h3-6,10H,1-2,7-9H2. The minimum absolute atomic E-state index is 0.228. The zero-order valence-corrected chi connectivity index (χ0v) is 11.5. The van der Waals surface area contributed by atoms with Gasteiger partial charge in [-0.3, -0.25) is 4.79 Å². The fraction of sp³-hybridized carbons (Fsp3) is 0.500. The molecular weight excluding hydrogens is 291 g/mol. The monoisotopic (exact) mass is 305 g/mol. The summed E-state index contributed by atoms with van der Waals surface area (Å²) in [7, 11) is 0. The summed E-state index contributed by atoms with van der Waals surface area (Å²) in [4.78, 5) is 13.9. The number of likely N-dealkylation sites (tertiary alicyclic amines) is 1. The number of piperidine rings is 1. The Bertz CT molecular complexity index is 472. The zero-order valence-electron chi connectivity index (χ0n) is 10.8. The van der Waals surface area contributed by atoms with Crippen LogP contribution in [0.5, 0.6) is 0 Å². The Balaban J connectivity index is 2.09. The Labute approximate surface area is 120 Å². The van der Waals surface area contributed by atoms with Crippen molar-refractivity contribution in [2.75, 3.05) is 19.0 Å². The minimum Gasteiger partial charge on any atom is -0.338 e. The number of halogens is 4. The summed E-state index contributed by atoms with van der Waals surface area (Å²) in [6, 6.07) is 4.34. The molecule has 0 bridgehead atoms. The van der Waals surface area contributed by atoms with E-state index in [0.29, 0.717) is 19.0 Å². The molecule has 0 radical (unpaired) electrons. The van der Waals surface area contributed by atoms with Gasteiger partial charge in [0.2, 0.25) is 0 Å². The van der Waals surface area contributed by atoms with Crippen LogP contribution in [0.3, 0.4) is 0 Å². The number of amides is 1. The Morgan fingerprint density at radius 1 is 1.30 bits per heavy atom. The molecule has 2 rings (SSSR count). The normalized spacial score (nSPS) is 20.0. The Hall–Kier alpha value is -1.23. The van der Waals surface area contributed by atoms with Crippen LogP contribution in [0.15, 0.2) is 24.3 Å². The van der Waals surface area contributed by atoms with Gasteiger partial charge in [0.05, 0.1) is 5.56 Å². The maximum Gasteiger partial charge on any atom is 0.416 e. The van der Waals surface area contributed by atoms with Gasteiger partial charge in [-0.05, 0) is 43.0 Å². The molecule has 1 atom stereocenters. The van der Waals surface area contributed by atoms with E-state index in [0.717, 1.165) is 25.0 Å². The molecule has 1 aromatic rings. The molecule has 1 saturated heterocycles. The average Bonchev–Trinajstić information content (AvgIpc) is 2.46. The second-order valence-electron chi connectivity index (χ2n) is 4.99. The molecule has 0 saturated carbocycles. The third-order valence-electron chi connectivity index (χ3n) is 3.48. The maximum atomic E-state index is 12.5. The van der Waals surface area contributed by atoms with E-state index in [-0.39, 0.29) is 17.4 Å². The van der Waals surface area contributed by atoms with Gasteiger partial charge < -0.3 is 4.90 Å². The number of carbonyl (C=O) groups excluding carboxylic acids is 1. The van der Waals surface area contributed by atoms with E-state index in [1.54, 1.807) is 4.90 Å². The van der Waals surface area contributed by atoms with Gasteiger partial charge in [-0.1, -0.05) is 0 Å². The van der Waals surface area contributed by atoms with Crippen molar-refractivity contribution in [1.29, 1.82) is 0 Å². The largest absolute Gasteiger partial charge is 0.416 e. The summed E-state index contributed by atoms with van der Waals surface area (Å²) < 4.78 is 37.4. The van der Waals surface area contributed by atoms with Crippen LogP contribution in [0, 0.1) is 5.92 Å². The van der Waals surface area contributed by atoms with E-state index < -0.39 is 11.7 Å². The van der Waals surface area contributed by atoms with Crippen molar-refractivity contribution in [2.45, 2.75) is 19.0 Å². The summed E-state index contributed by atoms with van der Waals surface area (Å²) in [5.74, 6) is 0.536. The summed E-state index contributed by atoms with van der Waals surface area (Å²) in [5.41, 5.74) is -0.459. The van der Waals surface area contributed by atoms with Gasteiger partial charge in [-0.15, -0.1) is 11.6 Å². The number of hydrogen-bond acceptors (Lipinski definition) is 1. The molecule has 1 unspecified atom stereocenters. The SMILES string of the molecule is O=C(c1ccc(C(F)(F)F)cc1)N1CCCC(CCl)C1. The topological polar surface area (TPSA) is 20.3 Å². The van der Waals surface area contributed by atoms with Crippen LogP contribution in [-0.2, 0) is 6.18 Å². The van der Waals surface area contributed by atoms with Crippen molar-refractivity contribution in [2.24, 2.45) is 5.92 Å². The van der Waals surface area contributed by atoms with Crippen molar-refractivity contribution in [3.05, 3.63) is 35.4 Å². The van der Waals surface area contributed by atoms with Crippen molar-refractivity contribution in [3.63, 3.8) is 0 Å². The van der Waals surface area contributed by atoms with Crippen LogP contribution in [0.2, 0.25) is 0 Å². The number of hydrogen-bond donors (Lipinski definition) is 0. The van der Waals surface area contributed by atoms with E-state index >= 15 is 0 Å². The fourth-order valence-corrected chi connectivity index (χ4v) is 2.61. The highest BCUT2D eigenvalue weighted by Gasteiger charge is 2.30. The summed E-state index contributed by atoms with van der Waals surface area (Å²) >= 11 is 5.80. The quantitative estimate of drug-likeness (QED) is 0.761. The molecule has 1 heterocycles. The first-order chi connectivity index (χ1) is 9.41. The molecule has 0 aliphatic carbocycles. The molecule has 110 valence electrons. The lowest BCUT2D eigenvalue weighted by molar-refractivity contribution is -0.137. The number of alkyl halides is 4. The van der Waals surface area contributed by atoms with Crippen molar-refractivity contribution in [1.82, 2.24) is 4.90 Å². The lowest BCUT2D eigenvalue weighted by atomic mass is 9.99. The smallest absolute Gasteiger partial charge is 0.338 e. The van der Waals surface area contributed by atoms with Crippen molar-refractivity contribution < 1.29 is 18.0 Å². The average molecular weight is 306 g/mol. The number of benzene rings is 1. The highest BCUT2D eigenvalue weighted by atomic mass is 35.5. The van der Waals surface area contributed by atoms with Gasteiger partial charge in [-0.2, -0.15) is 13.2 Å². The lowest BCUT2D eigenvalue weighted by Crippen LogP contribution is -2.40. The second-order valence-corrected chi connectivity index (χ2v) is 5.30. The Morgan fingerprint density at radius 2 is 1.95 bits per heavy atom. The third kappa shape index (κ3) is 3.45. The summed E-state index contributed by atoms with van der Waals surface area (Å²) in [6.45, 7) is 1.20. The highest BCUT2D eigenvalue weighted by Crippen LogP contribution is 2.29. The van der Waals surface area contributed by atoms with Gasteiger partial charge in [-0.25, -0.2) is 0 Å². The first kappa shape index (κ1) is 15.2. The van der Waals surface area contributed by atoms with E-state index in [1.807, 2.05) is 0 Å². The van der Waals surface area contributed by atoms with Crippen LogP contribution in [-0.4, -0.2) is 29.8 Å². The molecule has 0 aromatic heterocycles. The summed E-state index contributed by atoms with van der Waals surface area (Å²) in [5, 5.41) is 0. The van der Waals surface area contributed by atoms with E-state index in [9.17, 15) is 18.0 Å². The van der Waals surface area contributed by atoms with Crippen molar-refractivity contribution >= 4 is 17.5 Å². The number of rotatable bonds is 2. The molecule has 20 heavy (non-hydrogen) atoms. The molecule has 0 N–H and O–H groups in total. The Morgan fingerprint density at radius 3 is 2.50 bits per heavy atom. The molecule has 1 aliphatic rings. The molecule has 0 spiro atoms. The van der Waals surface area contributed by atoms with Crippen LogP contribution in [0.4, 0.5) is 13.2 Å². The molecule has 1 fully saturated rings. The Kier molecular flexibility index (Phi) is 4.58. The molecule has 1 aliphatic heterocycles. The van der Waals surface area contributed by atoms with Gasteiger partial charge >= 0.3 is 6.18 Å². The maximum absolute atomic E-state index is 12.5. The summed E-state index contributed by atoms with van der Waals surface area (Å²) in [6.07, 6.45) is -2.51. The first-order valence-electron chi connectivity index (χ1n) is 6.44. The zero-order chi connectivity index (χ0) is 14.8. The van der Waals surface area contributed by atoms with E-state index in [4.69, 9.17) is 11.6 Å². The van der Waals surface area contributed by atoms with Crippen LogP contribution >= 0.6 is 11.6 Å². The van der Waals surface area contributed by atoms with E-state index in [2.05, 4.69) is 0 Å². The van der Waals surface area contributed by atoms with Crippen LogP contribution < -0.4 is 0 Å². The molecule has 1 amide bonds. The van der Waals surface area contributed by atoms with E-state index in [1.165, 1.54) is 12.1 Å². The predicted octanol–water partition coefficient (Wildman–Crippen LogP) is 3.80. The van der Waals surface area contributed by atoms with Gasteiger partial charge in [0.1, 0.15) is 0 Å². The molecule has 2 nitrogen and oxygen atoms in total. The van der Waals surface area contributed by atoms with Crippen LogP contribution in [0.1, 0.15) is 28.8 Å². The van der Waals surface area contributed by atoms with Crippen LogP contribution in [0.25, 0.3) is 0 Å². The fourth-order valence-electron chi connectivity index (χ4n) is 2.36.